The van der Waals surface area contributed by atoms with Crippen molar-refractivity contribution in [1.29, 1.82) is 0 Å². The first-order valence-electron chi connectivity index (χ1n) is 8.94. The van der Waals surface area contributed by atoms with E-state index >= 15 is 0 Å². The topological polar surface area (TPSA) is 89.9 Å². The normalized spacial score (nSPS) is 22.2. The number of aryl methyl sites for hydroxylation is 1. The Balaban J connectivity index is 1.87. The molecule has 0 saturated carbocycles. The van der Waals surface area contributed by atoms with E-state index in [1.54, 1.807) is 11.9 Å². The third-order valence-electron chi connectivity index (χ3n) is 6.05. The first-order chi connectivity index (χ1) is 12.2. The molecule has 8 heteroatoms. The third kappa shape index (κ3) is 2.77. The fourth-order valence-electron chi connectivity index (χ4n) is 4.20. The van der Waals surface area contributed by atoms with Gasteiger partial charge in [-0.25, -0.2) is 4.98 Å². The first-order valence-corrected chi connectivity index (χ1v) is 8.94. The molecule has 1 amide bonds. The Morgan fingerprint density at radius 1 is 1.23 bits per heavy atom. The van der Waals surface area contributed by atoms with Crippen LogP contribution in [0.25, 0.3) is 0 Å². The monoisotopic (exact) mass is 361 g/mol. The van der Waals surface area contributed by atoms with E-state index in [2.05, 4.69) is 9.88 Å². The standard InChI is InChI=1S/C18H27N5O3/c1-11-12(2)19-17(21(3)4)20-15(11)23-8-6-18(7-9-23)13(16(25)26)10-14(24)22(18)5/h13H,6-10H2,1-5H3,(H,25,26). The highest BCUT2D eigenvalue weighted by Crippen LogP contribution is 2.43. The fourth-order valence-corrected chi connectivity index (χ4v) is 4.20. The number of aliphatic carboxylic acids is 1. The molecule has 0 bridgehead atoms. The van der Waals surface area contributed by atoms with Crippen LogP contribution in [0.1, 0.15) is 30.5 Å². The molecule has 142 valence electrons. The number of anilines is 2. The quantitative estimate of drug-likeness (QED) is 0.861. The molecule has 1 unspecified atom stereocenters. The van der Waals surface area contributed by atoms with Crippen LogP contribution in [0.3, 0.4) is 0 Å². The molecule has 3 rings (SSSR count). The van der Waals surface area contributed by atoms with E-state index < -0.39 is 17.4 Å². The maximum absolute atomic E-state index is 12.2. The summed E-state index contributed by atoms with van der Waals surface area (Å²) in [6.45, 7) is 5.33. The van der Waals surface area contributed by atoms with Crippen molar-refractivity contribution in [3.05, 3.63) is 11.3 Å². The van der Waals surface area contributed by atoms with Gasteiger partial charge in [-0.1, -0.05) is 0 Å². The molecule has 0 aromatic carbocycles. The Bertz CT molecular complexity index is 741. The van der Waals surface area contributed by atoms with Gasteiger partial charge in [-0.15, -0.1) is 0 Å². The van der Waals surface area contributed by atoms with Crippen LogP contribution in [-0.2, 0) is 9.59 Å². The molecule has 0 aliphatic carbocycles. The summed E-state index contributed by atoms with van der Waals surface area (Å²) in [6.07, 6.45) is 1.36. The van der Waals surface area contributed by atoms with Gasteiger partial charge in [0.2, 0.25) is 11.9 Å². The molecule has 1 spiro atoms. The van der Waals surface area contributed by atoms with Crippen molar-refractivity contribution in [2.24, 2.45) is 5.92 Å². The molecule has 2 aliphatic heterocycles. The Morgan fingerprint density at radius 2 is 1.85 bits per heavy atom. The van der Waals surface area contributed by atoms with Crippen molar-refractivity contribution in [1.82, 2.24) is 14.9 Å². The number of carboxylic acid groups (broad SMARTS) is 1. The molecule has 3 heterocycles. The summed E-state index contributed by atoms with van der Waals surface area (Å²) >= 11 is 0. The van der Waals surface area contributed by atoms with E-state index in [1.807, 2.05) is 32.8 Å². The largest absolute Gasteiger partial charge is 0.481 e. The van der Waals surface area contributed by atoms with E-state index in [-0.39, 0.29) is 12.3 Å². The van der Waals surface area contributed by atoms with Gasteiger partial charge in [0, 0.05) is 51.9 Å². The second-order valence-electron chi connectivity index (χ2n) is 7.59. The van der Waals surface area contributed by atoms with Crippen molar-refractivity contribution in [3.63, 3.8) is 0 Å². The maximum Gasteiger partial charge on any atom is 0.309 e. The second-order valence-corrected chi connectivity index (χ2v) is 7.59. The summed E-state index contributed by atoms with van der Waals surface area (Å²) < 4.78 is 0. The summed E-state index contributed by atoms with van der Waals surface area (Å²) in [5, 5.41) is 9.61. The zero-order chi connectivity index (χ0) is 19.2. The summed E-state index contributed by atoms with van der Waals surface area (Å²) in [5.41, 5.74) is 1.40. The number of aromatic nitrogens is 2. The van der Waals surface area contributed by atoms with Gasteiger partial charge < -0.3 is 19.8 Å². The number of likely N-dealkylation sites (tertiary alicyclic amines) is 1. The minimum atomic E-state index is -0.875. The highest BCUT2D eigenvalue weighted by atomic mass is 16.4. The molecule has 0 radical (unpaired) electrons. The molecule has 8 nitrogen and oxygen atoms in total. The van der Waals surface area contributed by atoms with Gasteiger partial charge in [0.25, 0.3) is 0 Å². The molecule has 2 fully saturated rings. The average Bonchev–Trinajstić information content (AvgIpc) is 2.83. The molecular weight excluding hydrogens is 334 g/mol. The number of hydrogen-bond acceptors (Lipinski definition) is 6. The lowest BCUT2D eigenvalue weighted by Gasteiger charge is -2.46. The van der Waals surface area contributed by atoms with Crippen LogP contribution < -0.4 is 9.80 Å². The van der Waals surface area contributed by atoms with Gasteiger partial charge in [0.15, 0.2) is 0 Å². The number of amides is 1. The lowest BCUT2D eigenvalue weighted by atomic mass is 9.77. The van der Waals surface area contributed by atoms with Crippen molar-refractivity contribution < 1.29 is 14.7 Å². The van der Waals surface area contributed by atoms with Crippen LogP contribution in [0.15, 0.2) is 0 Å². The van der Waals surface area contributed by atoms with Gasteiger partial charge >= 0.3 is 5.97 Å². The number of carbonyl (C=O) groups is 2. The van der Waals surface area contributed by atoms with E-state index in [9.17, 15) is 14.7 Å². The van der Waals surface area contributed by atoms with Crippen LogP contribution in [-0.4, -0.2) is 71.6 Å². The summed E-state index contributed by atoms with van der Waals surface area (Å²) in [6, 6.07) is 0. The van der Waals surface area contributed by atoms with Crippen LogP contribution >= 0.6 is 0 Å². The van der Waals surface area contributed by atoms with Gasteiger partial charge in [0.1, 0.15) is 5.82 Å². The zero-order valence-electron chi connectivity index (χ0n) is 16.1. The zero-order valence-corrected chi connectivity index (χ0v) is 16.1. The van der Waals surface area contributed by atoms with E-state index in [0.717, 1.165) is 17.1 Å². The first kappa shape index (κ1) is 18.4. The van der Waals surface area contributed by atoms with Crippen molar-refractivity contribution in [2.45, 2.75) is 38.6 Å². The number of rotatable bonds is 3. The highest BCUT2D eigenvalue weighted by molar-refractivity contribution is 5.88. The maximum atomic E-state index is 12.2. The van der Waals surface area contributed by atoms with Crippen molar-refractivity contribution in [2.75, 3.05) is 44.0 Å². The molecule has 1 aromatic heterocycles. The predicted molar refractivity (Wildman–Crippen MR) is 98.5 cm³/mol. The van der Waals surface area contributed by atoms with Gasteiger partial charge in [-0.2, -0.15) is 4.98 Å². The Hall–Kier alpha value is -2.38. The highest BCUT2D eigenvalue weighted by Gasteiger charge is 2.55. The predicted octanol–water partition coefficient (Wildman–Crippen LogP) is 1.06. The third-order valence-corrected chi connectivity index (χ3v) is 6.05. The van der Waals surface area contributed by atoms with Crippen LogP contribution in [0.5, 0.6) is 0 Å². The van der Waals surface area contributed by atoms with Crippen LogP contribution in [0, 0.1) is 19.8 Å². The van der Waals surface area contributed by atoms with Crippen LogP contribution in [0.2, 0.25) is 0 Å². The van der Waals surface area contributed by atoms with E-state index in [1.165, 1.54) is 0 Å². The van der Waals surface area contributed by atoms with Crippen molar-refractivity contribution in [3.8, 4) is 0 Å². The molecule has 2 aliphatic rings. The fraction of sp³-hybridized carbons (Fsp3) is 0.667. The summed E-state index contributed by atoms with van der Waals surface area (Å²) in [7, 11) is 5.57. The van der Waals surface area contributed by atoms with Crippen LogP contribution in [0.4, 0.5) is 11.8 Å². The molecule has 26 heavy (non-hydrogen) atoms. The molecule has 2 saturated heterocycles. The number of hydrogen-bond donors (Lipinski definition) is 1. The minimum Gasteiger partial charge on any atom is -0.481 e. The summed E-state index contributed by atoms with van der Waals surface area (Å²) in [4.78, 5) is 38.8. The number of carboxylic acids is 1. The Kier molecular flexibility index (Phi) is 4.54. The van der Waals surface area contributed by atoms with Gasteiger partial charge in [-0.05, 0) is 26.7 Å². The van der Waals surface area contributed by atoms with Crippen molar-refractivity contribution >= 4 is 23.6 Å². The van der Waals surface area contributed by atoms with E-state index in [4.69, 9.17) is 4.98 Å². The molecule has 1 aromatic rings. The lowest BCUT2D eigenvalue weighted by molar-refractivity contribution is -0.145. The average molecular weight is 361 g/mol. The lowest BCUT2D eigenvalue weighted by Crippen LogP contribution is -2.56. The number of piperidine rings is 1. The smallest absolute Gasteiger partial charge is 0.309 e. The summed E-state index contributed by atoms with van der Waals surface area (Å²) in [5.74, 6) is -0.0162. The van der Waals surface area contributed by atoms with Gasteiger partial charge in [-0.3, -0.25) is 9.59 Å². The SMILES string of the molecule is Cc1nc(N(C)C)nc(N2CCC3(CC2)C(C(=O)O)CC(=O)N3C)c1C. The Labute approximate surface area is 153 Å². The minimum absolute atomic E-state index is 0.0743. The number of nitrogens with zero attached hydrogens (tertiary/aromatic N) is 5. The van der Waals surface area contributed by atoms with E-state index in [0.29, 0.717) is 31.9 Å². The number of carbonyl (C=O) groups excluding carboxylic acids is 1. The van der Waals surface area contributed by atoms with Gasteiger partial charge in [0.05, 0.1) is 11.5 Å². The molecular formula is C18H27N5O3. The Morgan fingerprint density at radius 3 is 2.38 bits per heavy atom. The molecule has 1 atom stereocenters. The second kappa shape index (κ2) is 6.41. The molecule has 1 N–H and O–H groups in total.